The molecular weight excluding hydrogens is 438 g/mol. The largest absolute Gasteiger partial charge is 0.488 e. The summed E-state index contributed by atoms with van der Waals surface area (Å²) in [6, 6.07) is 7.99. The lowest BCUT2D eigenvalue weighted by Gasteiger charge is -2.30. The molecule has 10 heteroatoms. The van der Waals surface area contributed by atoms with Crippen LogP contribution in [0.25, 0.3) is 0 Å². The number of amides is 2. The van der Waals surface area contributed by atoms with Gasteiger partial charge in [0, 0.05) is 51.1 Å². The zero-order valence-electron chi connectivity index (χ0n) is 19.5. The number of likely N-dealkylation sites (tertiary alicyclic amines) is 1. The van der Waals surface area contributed by atoms with Crippen molar-refractivity contribution in [1.29, 1.82) is 0 Å². The molecule has 1 saturated heterocycles. The molecule has 1 aromatic heterocycles. The van der Waals surface area contributed by atoms with Gasteiger partial charge in [-0.2, -0.15) is 4.99 Å². The number of carbonyl (C=O) groups excluding carboxylic acids is 2. The molecule has 0 bridgehead atoms. The Morgan fingerprint density at radius 2 is 2.00 bits per heavy atom. The Morgan fingerprint density at radius 3 is 2.62 bits per heavy atom. The van der Waals surface area contributed by atoms with Crippen LogP contribution in [0.3, 0.4) is 0 Å². The molecule has 1 aliphatic rings. The molecule has 2 aromatic rings. The van der Waals surface area contributed by atoms with Gasteiger partial charge in [-0.15, -0.1) is 0 Å². The molecule has 3 N–H and O–H groups in total. The van der Waals surface area contributed by atoms with Crippen LogP contribution in [0.4, 0.5) is 0 Å². The molecule has 1 atom stereocenters. The number of carbonyl (C=O) groups is 2. The van der Waals surface area contributed by atoms with E-state index in [1.807, 2.05) is 6.92 Å². The Morgan fingerprint density at radius 1 is 1.24 bits per heavy atom. The highest BCUT2D eigenvalue weighted by Crippen LogP contribution is 2.28. The summed E-state index contributed by atoms with van der Waals surface area (Å²) in [5, 5.41) is 2.78. The summed E-state index contributed by atoms with van der Waals surface area (Å²) in [4.78, 5) is 34.9. The molecule has 0 unspecified atom stereocenters. The molecule has 180 valence electrons. The molecule has 3 rings (SSSR count). The van der Waals surface area contributed by atoms with E-state index in [-0.39, 0.29) is 29.3 Å². The summed E-state index contributed by atoms with van der Waals surface area (Å²) in [5.74, 6) is 0.416. The third-order valence-electron chi connectivity index (χ3n) is 4.87. The molecule has 1 fully saturated rings. The van der Waals surface area contributed by atoms with E-state index < -0.39 is 5.91 Å². The standard InChI is InChI=1S/C24H29N5O5/c1-16(15-32-3)33-19-11-18(23(30)28-21(25)7-8-26-2)12-20(13-19)34-22-6-5-17(14-27-22)24(31)29-9-4-10-29/h5-8,11-14,16,26H,4,9-10,15H2,1-3H3,(H2,25,28,30)/b8-7-/t16-/m0/s1. The van der Waals surface area contributed by atoms with Crippen LogP contribution in [0.15, 0.2) is 53.8 Å². The second-order valence-electron chi connectivity index (χ2n) is 7.67. The maximum atomic E-state index is 12.7. The summed E-state index contributed by atoms with van der Waals surface area (Å²) >= 11 is 0. The minimum atomic E-state index is -0.559. The van der Waals surface area contributed by atoms with Crippen molar-refractivity contribution in [3.8, 4) is 17.4 Å². The van der Waals surface area contributed by atoms with Gasteiger partial charge in [-0.3, -0.25) is 9.59 Å². The quantitative estimate of drug-likeness (QED) is 0.403. The van der Waals surface area contributed by atoms with Gasteiger partial charge in [0.2, 0.25) is 5.88 Å². The highest BCUT2D eigenvalue weighted by atomic mass is 16.5. The van der Waals surface area contributed by atoms with Crippen LogP contribution in [0.2, 0.25) is 0 Å². The fraction of sp³-hybridized carbons (Fsp3) is 0.333. The smallest absolute Gasteiger partial charge is 0.279 e. The number of nitrogens with one attached hydrogen (secondary N) is 1. The van der Waals surface area contributed by atoms with Crippen LogP contribution in [0, 0.1) is 0 Å². The van der Waals surface area contributed by atoms with Crippen LogP contribution < -0.4 is 20.5 Å². The number of aromatic nitrogens is 1. The van der Waals surface area contributed by atoms with E-state index in [1.165, 1.54) is 18.3 Å². The minimum Gasteiger partial charge on any atom is -0.488 e. The molecular formula is C24H29N5O5. The topological polar surface area (TPSA) is 128 Å². The molecule has 2 heterocycles. The fourth-order valence-corrected chi connectivity index (χ4v) is 3.10. The molecule has 34 heavy (non-hydrogen) atoms. The highest BCUT2D eigenvalue weighted by molar-refractivity contribution is 6.06. The summed E-state index contributed by atoms with van der Waals surface area (Å²) in [5.41, 5.74) is 6.49. The average Bonchev–Trinajstić information content (AvgIpc) is 2.77. The normalized spacial score (nSPS) is 14.4. The summed E-state index contributed by atoms with van der Waals surface area (Å²) in [6.45, 7) is 3.73. The van der Waals surface area contributed by atoms with E-state index in [2.05, 4.69) is 15.3 Å². The molecule has 0 aliphatic carbocycles. The average molecular weight is 468 g/mol. The van der Waals surface area contributed by atoms with Crippen molar-refractivity contribution >= 4 is 17.6 Å². The SMILES string of the molecule is CN/C=C\C(N)=NC(=O)c1cc(Oc2ccc(C(=O)N3CCC3)cn2)cc(O[C@@H](C)COC)c1. The number of rotatable bonds is 10. The second-order valence-corrected chi connectivity index (χ2v) is 7.67. The van der Waals surface area contributed by atoms with E-state index in [1.54, 1.807) is 49.5 Å². The van der Waals surface area contributed by atoms with Gasteiger partial charge in [-0.25, -0.2) is 4.98 Å². The van der Waals surface area contributed by atoms with Crippen molar-refractivity contribution in [2.24, 2.45) is 10.7 Å². The molecule has 1 aliphatic heterocycles. The zero-order valence-corrected chi connectivity index (χ0v) is 19.5. The number of nitrogens with two attached hydrogens (primary N) is 1. The van der Waals surface area contributed by atoms with Crippen LogP contribution in [0.1, 0.15) is 34.1 Å². The van der Waals surface area contributed by atoms with Gasteiger partial charge in [-0.1, -0.05) is 0 Å². The number of hydrogen-bond acceptors (Lipinski definition) is 7. The van der Waals surface area contributed by atoms with Gasteiger partial charge in [-0.05, 0) is 43.8 Å². The minimum absolute atomic E-state index is 0.0463. The fourth-order valence-electron chi connectivity index (χ4n) is 3.10. The number of methoxy groups -OCH3 is 1. The summed E-state index contributed by atoms with van der Waals surface area (Å²) < 4.78 is 16.8. The number of benzene rings is 1. The lowest BCUT2D eigenvalue weighted by molar-refractivity contribution is 0.0651. The van der Waals surface area contributed by atoms with Gasteiger partial charge in [0.05, 0.1) is 12.2 Å². The maximum absolute atomic E-state index is 12.7. The van der Waals surface area contributed by atoms with Gasteiger partial charge in [0.1, 0.15) is 23.4 Å². The van der Waals surface area contributed by atoms with Crippen LogP contribution in [-0.2, 0) is 4.74 Å². The Bertz CT molecular complexity index is 1060. The molecule has 1 aromatic carbocycles. The number of aliphatic imine (C=N–C) groups is 1. The van der Waals surface area contributed by atoms with Crippen molar-refractivity contribution in [2.75, 3.05) is 33.9 Å². The van der Waals surface area contributed by atoms with E-state index in [0.717, 1.165) is 19.5 Å². The Balaban J connectivity index is 1.83. The number of hydrogen-bond donors (Lipinski definition) is 2. The highest BCUT2D eigenvalue weighted by Gasteiger charge is 2.22. The first-order chi connectivity index (χ1) is 16.4. The lowest BCUT2D eigenvalue weighted by Crippen LogP contribution is -2.42. The van der Waals surface area contributed by atoms with E-state index in [9.17, 15) is 9.59 Å². The number of amidine groups is 1. The monoisotopic (exact) mass is 467 g/mol. The molecule has 2 amide bonds. The molecule has 0 spiro atoms. The first kappa shape index (κ1) is 24.7. The van der Waals surface area contributed by atoms with Crippen molar-refractivity contribution in [3.05, 3.63) is 59.9 Å². The van der Waals surface area contributed by atoms with Crippen LogP contribution in [0.5, 0.6) is 17.4 Å². The third-order valence-corrected chi connectivity index (χ3v) is 4.87. The van der Waals surface area contributed by atoms with Crippen molar-refractivity contribution < 1.29 is 23.8 Å². The predicted octanol–water partition coefficient (Wildman–Crippen LogP) is 2.36. The van der Waals surface area contributed by atoms with Gasteiger partial charge >= 0.3 is 0 Å². The van der Waals surface area contributed by atoms with Gasteiger partial charge in [0.15, 0.2) is 0 Å². The van der Waals surface area contributed by atoms with Crippen molar-refractivity contribution in [1.82, 2.24) is 15.2 Å². The molecule has 10 nitrogen and oxygen atoms in total. The maximum Gasteiger partial charge on any atom is 0.279 e. The van der Waals surface area contributed by atoms with E-state index in [4.69, 9.17) is 19.9 Å². The first-order valence-corrected chi connectivity index (χ1v) is 10.9. The predicted molar refractivity (Wildman–Crippen MR) is 127 cm³/mol. The van der Waals surface area contributed by atoms with Crippen LogP contribution >= 0.6 is 0 Å². The third kappa shape index (κ3) is 6.79. The molecule has 0 radical (unpaired) electrons. The Labute approximate surface area is 198 Å². The first-order valence-electron chi connectivity index (χ1n) is 10.9. The van der Waals surface area contributed by atoms with Gasteiger partial charge in [0.25, 0.3) is 11.8 Å². The van der Waals surface area contributed by atoms with Crippen LogP contribution in [-0.4, -0.2) is 67.5 Å². The second kappa shape index (κ2) is 11.8. The van der Waals surface area contributed by atoms with E-state index >= 15 is 0 Å². The van der Waals surface area contributed by atoms with Crippen molar-refractivity contribution in [2.45, 2.75) is 19.4 Å². The van der Waals surface area contributed by atoms with E-state index in [0.29, 0.717) is 23.7 Å². The molecule has 0 saturated carbocycles. The lowest BCUT2D eigenvalue weighted by atomic mass is 10.1. The van der Waals surface area contributed by atoms with Gasteiger partial charge < -0.3 is 30.2 Å². The summed E-state index contributed by atoms with van der Waals surface area (Å²) in [7, 11) is 3.28. The number of nitrogens with zero attached hydrogens (tertiary/aromatic N) is 3. The Kier molecular flexibility index (Phi) is 8.58. The number of pyridine rings is 1. The summed E-state index contributed by atoms with van der Waals surface area (Å²) in [6.07, 6.45) is 5.27. The Hall–Kier alpha value is -3.92. The number of ether oxygens (including phenoxy) is 3. The van der Waals surface area contributed by atoms with Crippen molar-refractivity contribution in [3.63, 3.8) is 0 Å². The zero-order chi connectivity index (χ0) is 24.5.